The highest BCUT2D eigenvalue weighted by molar-refractivity contribution is 6.33. The van der Waals surface area contributed by atoms with Crippen molar-refractivity contribution in [2.75, 3.05) is 49.1 Å². The molecule has 3 N–H and O–H groups in total. The molecule has 2 fully saturated rings. The van der Waals surface area contributed by atoms with Gasteiger partial charge < -0.3 is 20.9 Å². The average molecular weight is 360 g/mol. The van der Waals surface area contributed by atoms with Gasteiger partial charge in [0.25, 0.3) is 0 Å². The van der Waals surface area contributed by atoms with E-state index in [-0.39, 0.29) is 0 Å². The van der Waals surface area contributed by atoms with Gasteiger partial charge in [-0.15, -0.1) is 0 Å². The molecular formula is C19H26ClN5. The van der Waals surface area contributed by atoms with Crippen LogP contribution in [0.5, 0.6) is 0 Å². The first-order valence-corrected chi connectivity index (χ1v) is 9.67. The number of benzene rings is 1. The minimum Gasteiger partial charge on any atom is -0.367 e. The quantitative estimate of drug-likeness (QED) is 0.882. The fourth-order valence-corrected chi connectivity index (χ4v) is 4.27. The molecule has 3 heterocycles. The van der Waals surface area contributed by atoms with Gasteiger partial charge in [-0.3, -0.25) is 0 Å². The van der Waals surface area contributed by atoms with E-state index in [1.54, 1.807) is 0 Å². The Morgan fingerprint density at radius 3 is 2.80 bits per heavy atom. The molecule has 25 heavy (non-hydrogen) atoms. The molecule has 0 aliphatic carbocycles. The van der Waals surface area contributed by atoms with E-state index in [0.717, 1.165) is 54.5 Å². The zero-order chi connectivity index (χ0) is 17.2. The fourth-order valence-electron chi connectivity index (χ4n) is 3.99. The maximum absolute atomic E-state index is 6.57. The SMILES string of the molecule is NCC1CCCCN1c1ccc2nc(N3CCNCC3)c(Cl)cc2c1. The maximum Gasteiger partial charge on any atom is 0.148 e. The second-order valence-electron chi connectivity index (χ2n) is 6.99. The van der Waals surface area contributed by atoms with Crippen LogP contribution in [0, 0.1) is 0 Å². The Balaban J connectivity index is 1.67. The standard InChI is InChI=1S/C19H26ClN5/c20-17-12-14-11-15(25-8-2-1-3-16(25)13-21)4-5-18(14)23-19(17)24-9-6-22-7-10-24/h4-5,11-12,16,22H,1-3,6-10,13,21H2. The number of nitrogens with one attached hydrogen (secondary N) is 1. The van der Waals surface area contributed by atoms with E-state index >= 15 is 0 Å². The van der Waals surface area contributed by atoms with Crippen LogP contribution in [-0.2, 0) is 0 Å². The summed E-state index contributed by atoms with van der Waals surface area (Å²) < 4.78 is 0. The highest BCUT2D eigenvalue weighted by Crippen LogP contribution is 2.32. The highest BCUT2D eigenvalue weighted by atomic mass is 35.5. The molecular weight excluding hydrogens is 334 g/mol. The first-order chi connectivity index (χ1) is 12.3. The van der Waals surface area contributed by atoms with Gasteiger partial charge in [-0.1, -0.05) is 11.6 Å². The molecule has 2 saturated heterocycles. The van der Waals surface area contributed by atoms with E-state index in [0.29, 0.717) is 12.6 Å². The number of rotatable bonds is 3. The van der Waals surface area contributed by atoms with Crippen molar-refractivity contribution >= 4 is 34.0 Å². The lowest BCUT2D eigenvalue weighted by molar-refractivity contribution is 0.465. The molecule has 1 unspecified atom stereocenters. The first-order valence-electron chi connectivity index (χ1n) is 9.29. The number of fused-ring (bicyclic) bond motifs is 1. The predicted molar refractivity (Wildman–Crippen MR) is 106 cm³/mol. The molecule has 134 valence electrons. The number of piperidine rings is 1. The van der Waals surface area contributed by atoms with Crippen LogP contribution in [0.1, 0.15) is 19.3 Å². The number of piperazine rings is 1. The van der Waals surface area contributed by atoms with Crippen LogP contribution in [0.4, 0.5) is 11.5 Å². The predicted octanol–water partition coefficient (Wildman–Crippen LogP) is 2.62. The zero-order valence-electron chi connectivity index (χ0n) is 14.5. The molecule has 0 saturated carbocycles. The summed E-state index contributed by atoms with van der Waals surface area (Å²) in [6, 6.07) is 9.01. The zero-order valence-corrected chi connectivity index (χ0v) is 15.3. The number of hydrogen-bond donors (Lipinski definition) is 2. The molecule has 4 rings (SSSR count). The summed E-state index contributed by atoms with van der Waals surface area (Å²) in [6.07, 6.45) is 3.68. The second-order valence-corrected chi connectivity index (χ2v) is 7.39. The molecule has 1 aromatic carbocycles. The summed E-state index contributed by atoms with van der Waals surface area (Å²) in [4.78, 5) is 9.56. The van der Waals surface area contributed by atoms with Crippen molar-refractivity contribution < 1.29 is 0 Å². The fraction of sp³-hybridized carbons (Fsp3) is 0.526. The number of nitrogens with two attached hydrogens (primary N) is 1. The van der Waals surface area contributed by atoms with Crippen LogP contribution in [0.15, 0.2) is 24.3 Å². The summed E-state index contributed by atoms with van der Waals surface area (Å²) in [7, 11) is 0. The largest absolute Gasteiger partial charge is 0.367 e. The van der Waals surface area contributed by atoms with Crippen LogP contribution in [0.3, 0.4) is 0 Å². The minimum absolute atomic E-state index is 0.440. The lowest BCUT2D eigenvalue weighted by Gasteiger charge is -2.37. The van der Waals surface area contributed by atoms with Crippen molar-refractivity contribution in [1.82, 2.24) is 10.3 Å². The molecule has 5 nitrogen and oxygen atoms in total. The second kappa shape index (κ2) is 7.36. The van der Waals surface area contributed by atoms with Gasteiger partial charge >= 0.3 is 0 Å². The van der Waals surface area contributed by atoms with Gasteiger partial charge in [0.2, 0.25) is 0 Å². The molecule has 1 atom stereocenters. The molecule has 6 heteroatoms. The van der Waals surface area contributed by atoms with Crippen molar-refractivity contribution in [2.24, 2.45) is 5.73 Å². The summed E-state index contributed by atoms with van der Waals surface area (Å²) in [5.74, 6) is 0.904. The van der Waals surface area contributed by atoms with Gasteiger partial charge in [-0.25, -0.2) is 4.98 Å². The lowest BCUT2D eigenvalue weighted by atomic mass is 10.0. The van der Waals surface area contributed by atoms with Gasteiger partial charge in [0, 0.05) is 56.4 Å². The van der Waals surface area contributed by atoms with Crippen molar-refractivity contribution in [1.29, 1.82) is 0 Å². The van der Waals surface area contributed by atoms with Crippen LogP contribution in [0.25, 0.3) is 10.9 Å². The highest BCUT2D eigenvalue weighted by Gasteiger charge is 2.22. The number of halogens is 1. The Hall–Kier alpha value is -1.56. The van der Waals surface area contributed by atoms with E-state index in [2.05, 4.69) is 39.4 Å². The Labute approximate surface area is 154 Å². The summed E-state index contributed by atoms with van der Waals surface area (Å²) in [5, 5.41) is 5.20. The third kappa shape index (κ3) is 3.41. The number of nitrogens with zero attached hydrogens (tertiary/aromatic N) is 3. The summed E-state index contributed by atoms with van der Waals surface area (Å²) >= 11 is 6.57. The van der Waals surface area contributed by atoms with Gasteiger partial charge in [-0.05, 0) is 43.5 Å². The molecule has 2 aromatic rings. The first kappa shape index (κ1) is 16.9. The molecule has 2 aliphatic rings. The molecule has 0 bridgehead atoms. The van der Waals surface area contributed by atoms with Crippen molar-refractivity contribution in [3.05, 3.63) is 29.3 Å². The third-order valence-corrected chi connectivity index (χ3v) is 5.66. The lowest BCUT2D eigenvalue weighted by Crippen LogP contribution is -2.44. The summed E-state index contributed by atoms with van der Waals surface area (Å²) in [5.41, 5.74) is 8.22. The van der Waals surface area contributed by atoms with E-state index in [9.17, 15) is 0 Å². The van der Waals surface area contributed by atoms with Gasteiger partial charge in [0.15, 0.2) is 0 Å². The monoisotopic (exact) mass is 359 g/mol. The van der Waals surface area contributed by atoms with E-state index in [1.807, 2.05) is 0 Å². The average Bonchev–Trinajstić information content (AvgIpc) is 2.67. The Morgan fingerprint density at radius 2 is 2.00 bits per heavy atom. The molecule has 0 spiro atoms. The van der Waals surface area contributed by atoms with E-state index in [1.165, 1.54) is 24.9 Å². The van der Waals surface area contributed by atoms with Crippen molar-refractivity contribution in [3.8, 4) is 0 Å². The molecule has 0 amide bonds. The smallest absolute Gasteiger partial charge is 0.148 e. The Kier molecular flexibility index (Phi) is 4.97. The van der Waals surface area contributed by atoms with Crippen molar-refractivity contribution in [2.45, 2.75) is 25.3 Å². The Morgan fingerprint density at radius 1 is 1.16 bits per heavy atom. The molecule has 0 radical (unpaired) electrons. The van der Waals surface area contributed by atoms with Crippen LogP contribution >= 0.6 is 11.6 Å². The Bertz CT molecular complexity index is 744. The number of pyridine rings is 1. The van der Waals surface area contributed by atoms with E-state index in [4.69, 9.17) is 22.3 Å². The summed E-state index contributed by atoms with van der Waals surface area (Å²) in [6.45, 7) is 5.63. The number of aromatic nitrogens is 1. The topological polar surface area (TPSA) is 57.4 Å². The number of anilines is 2. The van der Waals surface area contributed by atoms with Gasteiger partial charge in [-0.2, -0.15) is 0 Å². The molecule has 2 aliphatic heterocycles. The van der Waals surface area contributed by atoms with Crippen LogP contribution in [-0.4, -0.2) is 50.3 Å². The third-order valence-electron chi connectivity index (χ3n) is 5.38. The molecule has 1 aromatic heterocycles. The normalized spacial score (nSPS) is 21.8. The van der Waals surface area contributed by atoms with Crippen LogP contribution in [0.2, 0.25) is 5.02 Å². The number of hydrogen-bond acceptors (Lipinski definition) is 5. The van der Waals surface area contributed by atoms with Crippen LogP contribution < -0.4 is 20.9 Å². The van der Waals surface area contributed by atoms with E-state index < -0.39 is 0 Å². The minimum atomic E-state index is 0.440. The van der Waals surface area contributed by atoms with Gasteiger partial charge in [0.1, 0.15) is 5.82 Å². The van der Waals surface area contributed by atoms with Crippen molar-refractivity contribution in [3.63, 3.8) is 0 Å². The van der Waals surface area contributed by atoms with Gasteiger partial charge in [0.05, 0.1) is 10.5 Å². The maximum atomic E-state index is 6.57.